The first-order chi connectivity index (χ1) is 8.58. The van der Waals surface area contributed by atoms with Crippen LogP contribution in [0.4, 0.5) is 5.69 Å². The largest absolute Gasteiger partial charge is 0.319 e. The van der Waals surface area contributed by atoms with Crippen LogP contribution in [-0.4, -0.2) is 15.7 Å². The highest BCUT2D eigenvalue weighted by Gasteiger charge is 2.10. The number of halogens is 1. The number of aromatic nitrogens is 2. The van der Waals surface area contributed by atoms with Crippen LogP contribution in [0.15, 0.2) is 41.2 Å². The van der Waals surface area contributed by atoms with Crippen LogP contribution in [-0.2, 0) is 7.05 Å². The minimum atomic E-state index is -0.418. The van der Waals surface area contributed by atoms with Gasteiger partial charge in [0.25, 0.3) is 11.5 Å². The van der Waals surface area contributed by atoms with Crippen LogP contribution in [0.25, 0.3) is 0 Å². The van der Waals surface area contributed by atoms with E-state index in [1.807, 2.05) is 0 Å². The van der Waals surface area contributed by atoms with Crippen LogP contribution in [0.3, 0.4) is 0 Å². The van der Waals surface area contributed by atoms with Crippen LogP contribution < -0.4 is 10.9 Å². The van der Waals surface area contributed by atoms with E-state index < -0.39 is 5.91 Å². The number of anilines is 1. The van der Waals surface area contributed by atoms with Gasteiger partial charge in [-0.05, 0) is 18.2 Å². The fourth-order valence-corrected chi connectivity index (χ4v) is 1.56. The molecule has 0 aliphatic carbocycles. The predicted molar refractivity (Wildman–Crippen MR) is 68.9 cm³/mol. The summed E-state index contributed by atoms with van der Waals surface area (Å²) in [6.45, 7) is 0. The Hall–Kier alpha value is -2.14. The van der Waals surface area contributed by atoms with E-state index in [-0.39, 0.29) is 11.3 Å². The minimum absolute atomic E-state index is 0.150. The third-order valence-corrected chi connectivity index (χ3v) is 2.64. The van der Waals surface area contributed by atoms with Gasteiger partial charge in [0.2, 0.25) is 0 Å². The lowest BCUT2D eigenvalue weighted by molar-refractivity contribution is 0.102. The summed E-state index contributed by atoms with van der Waals surface area (Å²) in [5.74, 6) is -0.418. The van der Waals surface area contributed by atoms with Gasteiger partial charge in [-0.15, -0.1) is 0 Å². The fraction of sp³-hybridized carbons (Fsp3) is 0.0833. The van der Waals surface area contributed by atoms with Gasteiger partial charge in [-0.1, -0.05) is 23.7 Å². The van der Waals surface area contributed by atoms with Crippen molar-refractivity contribution in [2.45, 2.75) is 0 Å². The molecule has 0 aliphatic rings. The van der Waals surface area contributed by atoms with E-state index in [1.54, 1.807) is 24.3 Å². The van der Waals surface area contributed by atoms with Gasteiger partial charge in [-0.3, -0.25) is 9.59 Å². The zero-order valence-corrected chi connectivity index (χ0v) is 10.3. The average molecular weight is 264 g/mol. The summed E-state index contributed by atoms with van der Waals surface area (Å²) in [4.78, 5) is 23.0. The number of rotatable bonds is 2. The van der Waals surface area contributed by atoms with Gasteiger partial charge in [0.1, 0.15) is 5.69 Å². The zero-order chi connectivity index (χ0) is 13.1. The second kappa shape index (κ2) is 5.01. The number of carbonyl (C=O) groups is 1. The van der Waals surface area contributed by atoms with Crippen LogP contribution in [0.1, 0.15) is 10.5 Å². The number of benzene rings is 1. The maximum Gasteiger partial charge on any atom is 0.276 e. The van der Waals surface area contributed by atoms with Crippen LogP contribution in [0, 0.1) is 0 Å². The van der Waals surface area contributed by atoms with E-state index in [2.05, 4.69) is 10.4 Å². The standard InChI is InChI=1S/C12H10ClN3O2/c1-16-11(17)7-6-10(15-16)12(18)14-9-5-3-2-4-8(9)13/h2-7H,1H3,(H,14,18). The molecule has 1 heterocycles. The monoisotopic (exact) mass is 263 g/mol. The predicted octanol–water partition coefficient (Wildman–Crippen LogP) is 1.69. The molecule has 1 aromatic carbocycles. The van der Waals surface area contributed by atoms with Crippen LogP contribution in [0.2, 0.25) is 5.02 Å². The fourth-order valence-electron chi connectivity index (χ4n) is 1.37. The molecule has 6 heteroatoms. The summed E-state index contributed by atoms with van der Waals surface area (Å²) in [6, 6.07) is 9.54. The van der Waals surface area contributed by atoms with Gasteiger partial charge < -0.3 is 5.32 Å². The van der Waals surface area contributed by atoms with Crippen molar-refractivity contribution in [3.63, 3.8) is 0 Å². The Kier molecular flexibility index (Phi) is 3.43. The quantitative estimate of drug-likeness (QED) is 0.897. The molecule has 1 amide bonds. The van der Waals surface area contributed by atoms with Crippen molar-refractivity contribution in [2.75, 3.05) is 5.32 Å². The second-order valence-electron chi connectivity index (χ2n) is 3.61. The van der Waals surface area contributed by atoms with Crippen LogP contribution >= 0.6 is 11.6 Å². The van der Waals surface area contributed by atoms with E-state index in [4.69, 9.17) is 11.6 Å². The lowest BCUT2D eigenvalue weighted by Gasteiger charge is -2.06. The van der Waals surface area contributed by atoms with Gasteiger partial charge >= 0.3 is 0 Å². The summed E-state index contributed by atoms with van der Waals surface area (Å²) in [6.07, 6.45) is 0. The number of hydrogen-bond acceptors (Lipinski definition) is 3. The molecule has 18 heavy (non-hydrogen) atoms. The molecule has 5 nitrogen and oxygen atoms in total. The van der Waals surface area contributed by atoms with Crippen molar-refractivity contribution in [1.82, 2.24) is 9.78 Å². The molecule has 0 spiro atoms. The number of amides is 1. The Labute approximate surface area is 108 Å². The maximum absolute atomic E-state index is 11.9. The van der Waals surface area contributed by atoms with Crippen molar-refractivity contribution < 1.29 is 4.79 Å². The highest BCUT2D eigenvalue weighted by molar-refractivity contribution is 6.33. The van der Waals surface area contributed by atoms with E-state index in [0.29, 0.717) is 10.7 Å². The van der Waals surface area contributed by atoms with E-state index in [1.165, 1.54) is 19.2 Å². The first-order valence-electron chi connectivity index (χ1n) is 5.18. The van der Waals surface area contributed by atoms with Crippen molar-refractivity contribution in [3.8, 4) is 0 Å². The maximum atomic E-state index is 11.9. The number of nitrogens with zero attached hydrogens (tertiary/aromatic N) is 2. The molecular weight excluding hydrogens is 254 g/mol. The molecule has 1 N–H and O–H groups in total. The van der Waals surface area contributed by atoms with Gasteiger partial charge in [0.05, 0.1) is 10.7 Å². The van der Waals surface area contributed by atoms with Crippen molar-refractivity contribution in [1.29, 1.82) is 0 Å². The zero-order valence-electron chi connectivity index (χ0n) is 9.55. The summed E-state index contributed by atoms with van der Waals surface area (Å²) in [5.41, 5.74) is 0.376. The van der Waals surface area contributed by atoms with Crippen molar-refractivity contribution >= 4 is 23.2 Å². The Bertz CT molecular complexity index is 652. The molecular formula is C12H10ClN3O2. The molecule has 92 valence electrons. The molecule has 0 aliphatic heterocycles. The molecule has 2 aromatic rings. The Morgan fingerprint density at radius 1 is 1.28 bits per heavy atom. The number of carbonyl (C=O) groups excluding carboxylic acids is 1. The second-order valence-corrected chi connectivity index (χ2v) is 4.02. The molecule has 1 aromatic heterocycles. The number of para-hydroxylation sites is 1. The first-order valence-corrected chi connectivity index (χ1v) is 5.56. The van der Waals surface area contributed by atoms with Crippen molar-refractivity contribution in [3.05, 3.63) is 57.5 Å². The summed E-state index contributed by atoms with van der Waals surface area (Å²) in [7, 11) is 1.48. The van der Waals surface area contributed by atoms with E-state index in [9.17, 15) is 9.59 Å². The molecule has 0 saturated heterocycles. The molecule has 0 radical (unpaired) electrons. The Balaban J connectivity index is 2.25. The van der Waals surface area contributed by atoms with Gasteiger partial charge in [0, 0.05) is 13.1 Å². The third kappa shape index (κ3) is 2.57. The summed E-state index contributed by atoms with van der Waals surface area (Å²) >= 11 is 5.92. The highest BCUT2D eigenvalue weighted by atomic mass is 35.5. The lowest BCUT2D eigenvalue weighted by Crippen LogP contribution is -2.23. The third-order valence-electron chi connectivity index (χ3n) is 2.32. The normalized spacial score (nSPS) is 10.1. The van der Waals surface area contributed by atoms with Gasteiger partial charge in [0.15, 0.2) is 0 Å². The molecule has 0 unspecified atom stereocenters. The van der Waals surface area contributed by atoms with Gasteiger partial charge in [-0.2, -0.15) is 5.10 Å². The summed E-state index contributed by atoms with van der Waals surface area (Å²) < 4.78 is 1.10. The molecule has 2 rings (SSSR count). The Morgan fingerprint density at radius 2 is 2.00 bits per heavy atom. The van der Waals surface area contributed by atoms with Crippen molar-refractivity contribution in [2.24, 2.45) is 7.05 Å². The highest BCUT2D eigenvalue weighted by Crippen LogP contribution is 2.20. The topological polar surface area (TPSA) is 64.0 Å². The average Bonchev–Trinajstić information content (AvgIpc) is 2.35. The molecule has 0 atom stereocenters. The first kappa shape index (κ1) is 12.3. The number of nitrogens with one attached hydrogen (secondary N) is 1. The van der Waals surface area contributed by atoms with E-state index >= 15 is 0 Å². The smallest absolute Gasteiger partial charge is 0.276 e. The summed E-state index contributed by atoms with van der Waals surface area (Å²) in [5, 5.41) is 6.91. The van der Waals surface area contributed by atoms with Crippen LogP contribution in [0.5, 0.6) is 0 Å². The van der Waals surface area contributed by atoms with E-state index in [0.717, 1.165) is 4.68 Å². The molecule has 0 fully saturated rings. The lowest BCUT2D eigenvalue weighted by atomic mass is 10.3. The number of hydrogen-bond donors (Lipinski definition) is 1. The molecule has 0 bridgehead atoms. The molecule has 0 saturated carbocycles. The minimum Gasteiger partial charge on any atom is -0.319 e. The number of aryl methyl sites for hydroxylation is 1. The van der Waals surface area contributed by atoms with Gasteiger partial charge in [-0.25, -0.2) is 4.68 Å². The SMILES string of the molecule is Cn1nc(C(=O)Nc2ccccc2Cl)ccc1=O. The Morgan fingerprint density at radius 3 is 2.67 bits per heavy atom.